The molecule has 2 aromatic rings. The molecule has 2 aromatic carbocycles. The number of aliphatic hydroxyl groups excluding tert-OH is 1. The number of hydrogen-bond donors (Lipinski definition) is 7. The molecule has 0 unspecified atom stereocenters. The maximum atomic E-state index is 14.0. The molecule has 0 saturated carbocycles. The number of benzene rings is 2. The topological polar surface area (TPSA) is 206 Å². The average Bonchev–Trinajstić information content (AvgIpc) is 3.59. The number of phenols is 1. The van der Waals surface area contributed by atoms with Gasteiger partial charge in [0.05, 0.1) is 6.61 Å². The van der Waals surface area contributed by atoms with Gasteiger partial charge < -0.3 is 41.7 Å². The maximum Gasteiger partial charge on any atom is 0.248 e. The number of hydrogen-bond acceptors (Lipinski definition) is 8. The Balaban J connectivity index is 1.70. The Kier molecular flexibility index (Phi) is 13.1. The van der Waals surface area contributed by atoms with Gasteiger partial charge in [0.1, 0.15) is 36.0 Å². The van der Waals surface area contributed by atoms with Crippen molar-refractivity contribution in [2.24, 2.45) is 5.92 Å². The number of phenolic OH excluding ortho intramolecular Hbond substituents is 1. The quantitative estimate of drug-likeness (QED) is 0.206. The molecule has 2 aliphatic heterocycles. The minimum Gasteiger partial charge on any atom is -0.508 e. The number of carbonyl (C=O) groups is 6. The summed E-state index contributed by atoms with van der Waals surface area (Å²) in [5.74, 6) is -4.08. The Labute approximate surface area is 285 Å². The zero-order valence-corrected chi connectivity index (χ0v) is 27.8. The van der Waals surface area contributed by atoms with Crippen molar-refractivity contribution in [3.8, 4) is 5.75 Å². The predicted octanol–water partition coefficient (Wildman–Crippen LogP) is -0.334. The molecule has 0 radical (unpaired) electrons. The first-order valence-electron chi connectivity index (χ1n) is 16.7. The number of amides is 6. The van der Waals surface area contributed by atoms with Crippen LogP contribution in [0.1, 0.15) is 50.7 Å². The van der Waals surface area contributed by atoms with Crippen molar-refractivity contribution in [2.75, 3.05) is 19.7 Å². The summed E-state index contributed by atoms with van der Waals surface area (Å²) in [5, 5.41) is 33.4. The fourth-order valence-corrected chi connectivity index (χ4v) is 6.00. The fraction of sp³-hybridized carbons (Fsp3) is 0.486. The summed E-state index contributed by atoms with van der Waals surface area (Å²) in [6, 6.07) is 9.43. The van der Waals surface area contributed by atoms with E-state index < -0.39 is 78.2 Å². The zero-order chi connectivity index (χ0) is 35.5. The van der Waals surface area contributed by atoms with E-state index in [-0.39, 0.29) is 38.1 Å². The normalized spacial score (nSPS) is 25.4. The Bertz CT molecular complexity index is 1490. The van der Waals surface area contributed by atoms with Crippen LogP contribution < -0.4 is 26.6 Å². The van der Waals surface area contributed by atoms with E-state index in [9.17, 15) is 39.0 Å². The third-order valence-electron chi connectivity index (χ3n) is 9.02. The van der Waals surface area contributed by atoms with Crippen molar-refractivity contribution in [2.45, 2.75) is 82.6 Å². The Morgan fingerprint density at radius 2 is 1.39 bits per heavy atom. The smallest absolute Gasteiger partial charge is 0.248 e. The third-order valence-corrected chi connectivity index (χ3v) is 9.02. The van der Waals surface area contributed by atoms with Gasteiger partial charge in [0.25, 0.3) is 0 Å². The van der Waals surface area contributed by atoms with Gasteiger partial charge in [-0.3, -0.25) is 28.8 Å². The van der Waals surface area contributed by atoms with Crippen molar-refractivity contribution in [1.29, 1.82) is 0 Å². The minimum atomic E-state index is -1.37. The number of carbonyl (C=O) groups excluding carboxylic acids is 6. The van der Waals surface area contributed by atoms with E-state index in [1.165, 1.54) is 17.0 Å². The molecule has 2 heterocycles. The van der Waals surface area contributed by atoms with Crippen molar-refractivity contribution in [3.05, 3.63) is 65.7 Å². The maximum absolute atomic E-state index is 14.0. The Hall–Kier alpha value is -4.98. The van der Waals surface area contributed by atoms with E-state index in [1.807, 2.05) is 13.0 Å². The van der Waals surface area contributed by atoms with Crippen LogP contribution in [-0.2, 0) is 41.6 Å². The first-order valence-corrected chi connectivity index (χ1v) is 16.7. The molecule has 14 heteroatoms. The van der Waals surface area contributed by atoms with Gasteiger partial charge in [-0.2, -0.15) is 0 Å². The van der Waals surface area contributed by atoms with Gasteiger partial charge in [-0.1, -0.05) is 62.7 Å². The van der Waals surface area contributed by atoms with E-state index in [1.54, 1.807) is 43.3 Å². The molecular weight excluding hydrogens is 632 g/mol. The molecule has 0 aromatic heterocycles. The van der Waals surface area contributed by atoms with Crippen molar-refractivity contribution in [1.82, 2.24) is 31.5 Å². The molecule has 6 amide bonds. The molecular formula is C35H46N6O8. The van der Waals surface area contributed by atoms with Gasteiger partial charge in [0.2, 0.25) is 35.4 Å². The predicted molar refractivity (Wildman–Crippen MR) is 179 cm³/mol. The second kappa shape index (κ2) is 17.4. The van der Waals surface area contributed by atoms with E-state index in [0.717, 1.165) is 5.56 Å². The van der Waals surface area contributed by atoms with Crippen LogP contribution in [0, 0.1) is 5.92 Å². The van der Waals surface area contributed by atoms with Crippen LogP contribution in [0.25, 0.3) is 0 Å². The number of aliphatic hydroxyl groups is 1. The summed E-state index contributed by atoms with van der Waals surface area (Å²) in [7, 11) is 0. The van der Waals surface area contributed by atoms with Crippen molar-refractivity contribution in [3.63, 3.8) is 0 Å². The molecule has 0 aliphatic carbocycles. The summed E-state index contributed by atoms with van der Waals surface area (Å²) in [6.07, 6.45) is 1.29. The lowest BCUT2D eigenvalue weighted by Gasteiger charge is -2.30. The van der Waals surface area contributed by atoms with Crippen LogP contribution in [0.15, 0.2) is 54.6 Å². The summed E-state index contributed by atoms with van der Waals surface area (Å²) in [5.41, 5.74) is 1.36. The number of fused-ring (bicyclic) bond motifs is 1. The van der Waals surface area contributed by atoms with Crippen LogP contribution in [0.3, 0.4) is 0 Å². The van der Waals surface area contributed by atoms with E-state index in [0.29, 0.717) is 24.8 Å². The van der Waals surface area contributed by atoms with Crippen LogP contribution in [-0.4, -0.2) is 100 Å². The second-order valence-corrected chi connectivity index (χ2v) is 12.6. The standard InChI is InChI=1S/C35H46N6O8/c1-3-21(2)30-34(48)39-27(20-42)35(49)41-17-7-10-28(41)33(47)36-16-15-29(44)37-25(18-22-8-5-4-6-9-22)31(45)38-26(32(46)40-30)19-23-11-13-24(43)14-12-23/h4-6,8-9,11-14,21,25-28,30,42-43H,3,7,10,15-20H2,1-2H3,(H,36,47)(H,37,44)(H,38,45)(H,39,48)(H,40,46)/t21-,25-,26-,27-,28-,30-/m0/s1. The lowest BCUT2D eigenvalue weighted by Crippen LogP contribution is -2.61. The van der Waals surface area contributed by atoms with Gasteiger partial charge in [-0.25, -0.2) is 0 Å². The highest BCUT2D eigenvalue weighted by Gasteiger charge is 2.39. The molecule has 2 fully saturated rings. The molecule has 49 heavy (non-hydrogen) atoms. The Morgan fingerprint density at radius 1 is 0.776 bits per heavy atom. The molecule has 264 valence electrons. The average molecular weight is 679 g/mol. The molecule has 4 rings (SSSR count). The number of nitrogens with zero attached hydrogens (tertiary/aromatic N) is 1. The largest absolute Gasteiger partial charge is 0.508 e. The highest BCUT2D eigenvalue weighted by atomic mass is 16.3. The van der Waals surface area contributed by atoms with E-state index in [4.69, 9.17) is 0 Å². The fourth-order valence-electron chi connectivity index (χ4n) is 6.00. The van der Waals surface area contributed by atoms with E-state index in [2.05, 4.69) is 26.6 Å². The number of nitrogens with one attached hydrogen (secondary N) is 5. The number of rotatable bonds is 7. The third kappa shape index (κ3) is 10.0. The molecule has 7 N–H and O–H groups in total. The summed E-state index contributed by atoms with van der Waals surface area (Å²) >= 11 is 0. The lowest BCUT2D eigenvalue weighted by atomic mass is 9.96. The van der Waals surface area contributed by atoms with Gasteiger partial charge in [0.15, 0.2) is 0 Å². The molecule has 6 atom stereocenters. The summed E-state index contributed by atoms with van der Waals surface area (Å²) in [4.78, 5) is 82.6. The van der Waals surface area contributed by atoms with E-state index >= 15 is 0 Å². The highest BCUT2D eigenvalue weighted by Crippen LogP contribution is 2.19. The molecule has 2 aliphatic rings. The minimum absolute atomic E-state index is 0.0150. The van der Waals surface area contributed by atoms with Crippen LogP contribution in [0.2, 0.25) is 0 Å². The SMILES string of the molecule is CC[C@H](C)[C@@H]1NC(=O)[C@H](Cc2ccc(O)cc2)NC(=O)[C@H](Cc2ccccc2)NC(=O)CCNC(=O)[C@@H]2CCCN2C(=O)[C@H](CO)NC1=O. The number of aromatic hydroxyl groups is 1. The first-order chi connectivity index (χ1) is 23.5. The molecule has 2 saturated heterocycles. The van der Waals surface area contributed by atoms with Crippen LogP contribution in [0.5, 0.6) is 5.75 Å². The second-order valence-electron chi connectivity index (χ2n) is 12.6. The lowest BCUT2D eigenvalue weighted by molar-refractivity contribution is -0.143. The molecule has 0 spiro atoms. The van der Waals surface area contributed by atoms with Gasteiger partial charge in [-0.05, 0) is 42.0 Å². The molecule has 14 nitrogen and oxygen atoms in total. The summed E-state index contributed by atoms with van der Waals surface area (Å²) in [6.45, 7) is 3.01. The molecule has 0 bridgehead atoms. The van der Waals surface area contributed by atoms with Crippen molar-refractivity contribution < 1.29 is 39.0 Å². The highest BCUT2D eigenvalue weighted by molar-refractivity contribution is 5.97. The monoisotopic (exact) mass is 678 g/mol. The van der Waals surface area contributed by atoms with Gasteiger partial charge >= 0.3 is 0 Å². The zero-order valence-electron chi connectivity index (χ0n) is 27.8. The summed E-state index contributed by atoms with van der Waals surface area (Å²) < 4.78 is 0. The van der Waals surface area contributed by atoms with Gasteiger partial charge in [0, 0.05) is 32.4 Å². The Morgan fingerprint density at radius 3 is 2.04 bits per heavy atom. The van der Waals surface area contributed by atoms with Crippen LogP contribution >= 0.6 is 0 Å². The van der Waals surface area contributed by atoms with Crippen LogP contribution in [0.4, 0.5) is 0 Å². The van der Waals surface area contributed by atoms with Gasteiger partial charge in [-0.15, -0.1) is 0 Å². The van der Waals surface area contributed by atoms with Crippen molar-refractivity contribution >= 4 is 35.4 Å². The first kappa shape index (κ1) is 36.8.